The molecule has 24 heavy (non-hydrogen) atoms. The Morgan fingerprint density at radius 1 is 1.38 bits per heavy atom. The second-order valence-electron chi connectivity index (χ2n) is 5.39. The molecular formula is C16H17N5O2S. The number of benzene rings is 1. The summed E-state index contributed by atoms with van der Waals surface area (Å²) in [5, 5.41) is 11.4. The van der Waals surface area contributed by atoms with Gasteiger partial charge in [0.2, 0.25) is 5.91 Å². The highest BCUT2D eigenvalue weighted by atomic mass is 32.1. The van der Waals surface area contributed by atoms with Crippen LogP contribution in [0.15, 0.2) is 40.8 Å². The first-order chi connectivity index (χ1) is 11.5. The summed E-state index contributed by atoms with van der Waals surface area (Å²) in [5.74, 6) is -0.828. The maximum absolute atomic E-state index is 12.3. The van der Waals surface area contributed by atoms with Gasteiger partial charge in [-0.25, -0.2) is 4.98 Å². The molecule has 1 aliphatic rings. The average molecular weight is 343 g/mol. The van der Waals surface area contributed by atoms with Gasteiger partial charge in [0.1, 0.15) is 11.8 Å². The highest BCUT2D eigenvalue weighted by Crippen LogP contribution is 2.24. The lowest BCUT2D eigenvalue weighted by Crippen LogP contribution is -2.39. The molecule has 0 saturated heterocycles. The number of para-hydroxylation sites is 1. The van der Waals surface area contributed by atoms with Crippen molar-refractivity contribution in [2.24, 2.45) is 10.8 Å². The number of aromatic nitrogens is 1. The van der Waals surface area contributed by atoms with Crippen LogP contribution >= 0.6 is 11.3 Å². The smallest absolute Gasteiger partial charge is 0.267 e. The van der Waals surface area contributed by atoms with Crippen molar-refractivity contribution in [2.45, 2.75) is 25.9 Å². The first kappa shape index (κ1) is 16.1. The van der Waals surface area contributed by atoms with Crippen LogP contribution in [0.4, 0.5) is 5.69 Å². The lowest BCUT2D eigenvalue weighted by atomic mass is 10.1. The molecule has 2 aromatic rings. The van der Waals surface area contributed by atoms with Crippen LogP contribution in [0.3, 0.4) is 0 Å². The number of aryl methyl sites for hydroxylation is 1. The summed E-state index contributed by atoms with van der Waals surface area (Å²) in [6.07, 6.45) is 0.187. The zero-order valence-electron chi connectivity index (χ0n) is 13.1. The first-order valence-electron chi connectivity index (χ1n) is 7.45. The Balaban J connectivity index is 1.72. The number of nitrogens with one attached hydrogen (secondary N) is 1. The van der Waals surface area contributed by atoms with Crippen molar-refractivity contribution in [1.82, 2.24) is 10.3 Å². The van der Waals surface area contributed by atoms with Gasteiger partial charge in [0, 0.05) is 11.8 Å². The van der Waals surface area contributed by atoms with Crippen molar-refractivity contribution in [3.05, 3.63) is 46.4 Å². The number of carbonyl (C=O) groups is 2. The SMILES string of the molecule is Cc1nc(CNC(=O)C2=NN(c3ccccc3)[C@H](C(N)=O)C2)cs1. The summed E-state index contributed by atoms with van der Waals surface area (Å²) in [7, 11) is 0. The van der Waals surface area contributed by atoms with Crippen LogP contribution in [-0.4, -0.2) is 28.6 Å². The fourth-order valence-electron chi connectivity index (χ4n) is 2.45. The van der Waals surface area contributed by atoms with E-state index in [1.807, 2.05) is 42.6 Å². The molecule has 7 nitrogen and oxygen atoms in total. The van der Waals surface area contributed by atoms with Gasteiger partial charge < -0.3 is 11.1 Å². The third-order valence-electron chi connectivity index (χ3n) is 3.62. The predicted molar refractivity (Wildman–Crippen MR) is 92.7 cm³/mol. The Labute approximate surface area is 143 Å². The molecule has 0 aliphatic carbocycles. The molecule has 0 unspecified atom stereocenters. The molecule has 1 aromatic heterocycles. The minimum atomic E-state index is -0.658. The van der Waals surface area contributed by atoms with Gasteiger partial charge in [0.05, 0.1) is 22.9 Å². The fourth-order valence-corrected chi connectivity index (χ4v) is 3.06. The number of carbonyl (C=O) groups excluding carboxylic acids is 2. The molecule has 0 fully saturated rings. The van der Waals surface area contributed by atoms with Crippen LogP contribution in [0, 0.1) is 6.92 Å². The van der Waals surface area contributed by atoms with Gasteiger partial charge in [0.25, 0.3) is 5.91 Å². The zero-order chi connectivity index (χ0) is 17.1. The van der Waals surface area contributed by atoms with E-state index in [0.717, 1.165) is 16.4 Å². The Hall–Kier alpha value is -2.74. The van der Waals surface area contributed by atoms with E-state index < -0.39 is 11.9 Å². The van der Waals surface area contributed by atoms with Gasteiger partial charge in [-0.2, -0.15) is 5.10 Å². The second-order valence-corrected chi connectivity index (χ2v) is 6.45. The highest BCUT2D eigenvalue weighted by molar-refractivity contribution is 7.09. The number of thiazole rings is 1. The van der Waals surface area contributed by atoms with Crippen LogP contribution in [0.5, 0.6) is 0 Å². The van der Waals surface area contributed by atoms with Crippen molar-refractivity contribution in [3.8, 4) is 0 Å². The number of anilines is 1. The van der Waals surface area contributed by atoms with Gasteiger partial charge >= 0.3 is 0 Å². The Kier molecular flexibility index (Phi) is 4.57. The van der Waals surface area contributed by atoms with Crippen LogP contribution < -0.4 is 16.1 Å². The lowest BCUT2D eigenvalue weighted by Gasteiger charge is -2.20. The quantitative estimate of drug-likeness (QED) is 0.851. The summed E-state index contributed by atoms with van der Waals surface area (Å²) in [5.41, 5.74) is 7.27. The molecule has 0 radical (unpaired) electrons. The van der Waals surface area contributed by atoms with E-state index in [2.05, 4.69) is 15.4 Å². The number of hydrazone groups is 1. The van der Waals surface area contributed by atoms with Crippen LogP contribution in [0.25, 0.3) is 0 Å². The molecule has 1 atom stereocenters. The van der Waals surface area contributed by atoms with Crippen LogP contribution in [0.2, 0.25) is 0 Å². The lowest BCUT2D eigenvalue weighted by molar-refractivity contribution is -0.119. The minimum absolute atomic E-state index is 0.187. The van der Waals surface area contributed by atoms with Crippen LogP contribution in [0.1, 0.15) is 17.1 Å². The molecule has 3 rings (SSSR count). The minimum Gasteiger partial charge on any atom is -0.368 e. The summed E-state index contributed by atoms with van der Waals surface area (Å²) in [6, 6.07) is 8.52. The number of hydrogen-bond acceptors (Lipinski definition) is 6. The largest absolute Gasteiger partial charge is 0.368 e. The van der Waals surface area contributed by atoms with Gasteiger partial charge in [-0.15, -0.1) is 11.3 Å². The Morgan fingerprint density at radius 3 is 2.75 bits per heavy atom. The van der Waals surface area contributed by atoms with Crippen molar-refractivity contribution in [1.29, 1.82) is 0 Å². The van der Waals surface area contributed by atoms with Crippen molar-refractivity contribution < 1.29 is 9.59 Å². The molecule has 124 valence electrons. The third-order valence-corrected chi connectivity index (χ3v) is 4.44. The predicted octanol–water partition coefficient (Wildman–Crippen LogP) is 1.19. The third kappa shape index (κ3) is 3.43. The van der Waals surface area contributed by atoms with Crippen molar-refractivity contribution in [3.63, 3.8) is 0 Å². The summed E-state index contributed by atoms with van der Waals surface area (Å²) < 4.78 is 0. The Morgan fingerprint density at radius 2 is 2.12 bits per heavy atom. The van der Waals surface area contributed by atoms with E-state index in [4.69, 9.17) is 5.73 Å². The van der Waals surface area contributed by atoms with Gasteiger partial charge in [0.15, 0.2) is 0 Å². The molecule has 0 spiro atoms. The van der Waals surface area contributed by atoms with Crippen molar-refractivity contribution >= 4 is 34.6 Å². The molecule has 1 aliphatic heterocycles. The second kappa shape index (κ2) is 6.79. The summed E-state index contributed by atoms with van der Waals surface area (Å²) >= 11 is 1.53. The van der Waals surface area contributed by atoms with E-state index in [9.17, 15) is 9.59 Å². The van der Waals surface area contributed by atoms with Gasteiger partial charge in [-0.3, -0.25) is 14.6 Å². The van der Waals surface area contributed by atoms with Gasteiger partial charge in [-0.1, -0.05) is 18.2 Å². The van der Waals surface area contributed by atoms with Gasteiger partial charge in [-0.05, 0) is 19.1 Å². The number of nitrogens with zero attached hydrogens (tertiary/aromatic N) is 3. The molecule has 0 saturated carbocycles. The van der Waals surface area contributed by atoms with E-state index in [-0.39, 0.29) is 18.0 Å². The molecule has 8 heteroatoms. The summed E-state index contributed by atoms with van der Waals surface area (Å²) in [4.78, 5) is 28.3. The number of amides is 2. The van der Waals surface area contributed by atoms with E-state index in [1.54, 1.807) is 0 Å². The monoisotopic (exact) mass is 343 g/mol. The normalized spacial score (nSPS) is 16.8. The fraction of sp³-hybridized carbons (Fsp3) is 0.250. The number of hydrogen-bond donors (Lipinski definition) is 2. The number of primary amides is 1. The van der Waals surface area contributed by atoms with Crippen LogP contribution in [-0.2, 0) is 16.1 Å². The zero-order valence-corrected chi connectivity index (χ0v) is 13.9. The standard InChI is InChI=1S/C16H17N5O2S/c1-10-19-11(9-24-10)8-18-16(23)13-7-14(15(17)22)21(20-13)12-5-3-2-4-6-12/h2-6,9,14H,7-8H2,1H3,(H2,17,22)(H,18,23)/t14-/m0/s1. The first-order valence-corrected chi connectivity index (χ1v) is 8.33. The molecule has 0 bridgehead atoms. The molecule has 2 heterocycles. The molecule has 1 aromatic carbocycles. The van der Waals surface area contributed by atoms with E-state index >= 15 is 0 Å². The Bertz CT molecular complexity index is 787. The van der Waals surface area contributed by atoms with E-state index in [0.29, 0.717) is 6.54 Å². The maximum atomic E-state index is 12.3. The summed E-state index contributed by atoms with van der Waals surface area (Å²) in [6.45, 7) is 2.24. The van der Waals surface area contributed by atoms with Crippen molar-refractivity contribution in [2.75, 3.05) is 5.01 Å². The number of rotatable bonds is 5. The number of nitrogens with two attached hydrogens (primary N) is 1. The maximum Gasteiger partial charge on any atom is 0.267 e. The van der Waals surface area contributed by atoms with E-state index in [1.165, 1.54) is 16.3 Å². The molecular weight excluding hydrogens is 326 g/mol. The highest BCUT2D eigenvalue weighted by Gasteiger charge is 2.34. The topological polar surface area (TPSA) is 101 Å². The molecule has 3 N–H and O–H groups in total. The molecule has 2 amide bonds. The average Bonchev–Trinajstić information content (AvgIpc) is 3.20.